The van der Waals surface area contributed by atoms with Crippen molar-refractivity contribution in [3.8, 4) is 5.69 Å². The van der Waals surface area contributed by atoms with Gasteiger partial charge in [0, 0.05) is 26.2 Å². The molecular formula is C26H31N3O3. The van der Waals surface area contributed by atoms with Gasteiger partial charge in [-0.15, -0.1) is 0 Å². The molecule has 0 saturated heterocycles. The normalized spacial score (nSPS) is 14.5. The summed E-state index contributed by atoms with van der Waals surface area (Å²) in [4.78, 5) is 33.6. The van der Waals surface area contributed by atoms with Crippen LogP contribution in [0.15, 0.2) is 47.3 Å². The van der Waals surface area contributed by atoms with Crippen LogP contribution < -0.4 is 5.56 Å². The molecule has 1 saturated carbocycles. The zero-order valence-corrected chi connectivity index (χ0v) is 19.3. The largest absolute Gasteiger partial charge is 0.385 e. The van der Waals surface area contributed by atoms with Gasteiger partial charge in [-0.05, 0) is 75.4 Å². The van der Waals surface area contributed by atoms with Gasteiger partial charge in [0.05, 0.1) is 22.6 Å². The second-order valence-electron chi connectivity index (χ2n) is 8.72. The third kappa shape index (κ3) is 4.32. The summed E-state index contributed by atoms with van der Waals surface area (Å²) in [6, 6.07) is 13.0. The van der Waals surface area contributed by atoms with Crippen molar-refractivity contribution in [2.24, 2.45) is 5.92 Å². The van der Waals surface area contributed by atoms with E-state index in [4.69, 9.17) is 9.72 Å². The number of para-hydroxylation sites is 1. The van der Waals surface area contributed by atoms with Crippen molar-refractivity contribution in [1.29, 1.82) is 0 Å². The SMILES string of the molecule is COCCCN(C(=O)C1CC1)C(C)c1nc2ccccc2c(=O)n1-c1ccc(C)c(C)c1. The Labute approximate surface area is 188 Å². The van der Waals surface area contributed by atoms with Crippen molar-refractivity contribution in [3.63, 3.8) is 0 Å². The standard InChI is InChI=1S/C26H31N3O3/c1-17-10-13-21(16-18(17)2)29-24(27-23-9-6-5-8-22(23)26(29)31)19(3)28(14-7-15-32-4)25(30)20-11-12-20/h5-6,8-10,13,16,19-20H,7,11-12,14-15H2,1-4H3. The number of hydrogen-bond donors (Lipinski definition) is 0. The van der Waals surface area contributed by atoms with E-state index in [1.165, 1.54) is 0 Å². The molecular weight excluding hydrogens is 402 g/mol. The predicted octanol–water partition coefficient (Wildman–Crippen LogP) is 4.34. The highest BCUT2D eigenvalue weighted by atomic mass is 16.5. The summed E-state index contributed by atoms with van der Waals surface area (Å²) in [6.07, 6.45) is 2.60. The fourth-order valence-electron chi connectivity index (χ4n) is 4.12. The second-order valence-corrected chi connectivity index (χ2v) is 8.72. The lowest BCUT2D eigenvalue weighted by molar-refractivity contribution is -0.135. The van der Waals surface area contributed by atoms with Crippen LogP contribution in [0, 0.1) is 19.8 Å². The molecule has 1 fully saturated rings. The molecule has 168 valence electrons. The van der Waals surface area contributed by atoms with Crippen LogP contribution in [0.4, 0.5) is 0 Å². The van der Waals surface area contributed by atoms with Crippen molar-refractivity contribution >= 4 is 16.8 Å². The molecule has 32 heavy (non-hydrogen) atoms. The lowest BCUT2D eigenvalue weighted by atomic mass is 10.1. The molecule has 0 spiro atoms. The molecule has 1 atom stereocenters. The molecule has 2 aromatic carbocycles. The number of rotatable bonds is 8. The summed E-state index contributed by atoms with van der Waals surface area (Å²) in [5.41, 5.74) is 3.57. The molecule has 1 aromatic heterocycles. The lowest BCUT2D eigenvalue weighted by Crippen LogP contribution is -2.39. The number of aryl methyl sites for hydroxylation is 2. The maximum absolute atomic E-state index is 13.6. The fraction of sp³-hybridized carbons (Fsp3) is 0.423. The lowest BCUT2D eigenvalue weighted by Gasteiger charge is -2.31. The average molecular weight is 434 g/mol. The molecule has 0 bridgehead atoms. The number of methoxy groups -OCH3 is 1. The first-order valence-corrected chi connectivity index (χ1v) is 11.3. The molecule has 6 heteroatoms. The molecule has 0 radical (unpaired) electrons. The molecule has 1 amide bonds. The highest BCUT2D eigenvalue weighted by molar-refractivity contribution is 5.82. The zero-order valence-electron chi connectivity index (χ0n) is 19.3. The van der Waals surface area contributed by atoms with Crippen LogP contribution in [-0.2, 0) is 9.53 Å². The molecule has 3 aromatic rings. The summed E-state index contributed by atoms with van der Waals surface area (Å²) in [5, 5.41) is 0.570. The minimum atomic E-state index is -0.348. The molecule has 1 aliphatic carbocycles. The van der Waals surface area contributed by atoms with Crippen LogP contribution in [0.1, 0.15) is 49.2 Å². The van der Waals surface area contributed by atoms with Gasteiger partial charge in [0.1, 0.15) is 5.82 Å². The summed E-state index contributed by atoms with van der Waals surface area (Å²) in [7, 11) is 1.67. The molecule has 1 heterocycles. The van der Waals surface area contributed by atoms with E-state index in [1.807, 2.05) is 61.2 Å². The van der Waals surface area contributed by atoms with E-state index >= 15 is 0 Å². The van der Waals surface area contributed by atoms with Gasteiger partial charge in [-0.3, -0.25) is 14.2 Å². The van der Waals surface area contributed by atoms with Crippen LogP contribution >= 0.6 is 0 Å². The van der Waals surface area contributed by atoms with Crippen molar-refractivity contribution in [2.75, 3.05) is 20.3 Å². The number of ether oxygens (including phenoxy) is 1. The van der Waals surface area contributed by atoms with E-state index < -0.39 is 0 Å². The quantitative estimate of drug-likeness (QED) is 0.496. The first-order valence-electron chi connectivity index (χ1n) is 11.3. The highest BCUT2D eigenvalue weighted by Crippen LogP contribution is 2.34. The molecule has 1 unspecified atom stereocenters. The van der Waals surface area contributed by atoms with Crippen LogP contribution in [0.2, 0.25) is 0 Å². The molecule has 4 rings (SSSR count). The third-order valence-electron chi connectivity index (χ3n) is 6.35. The third-order valence-corrected chi connectivity index (χ3v) is 6.35. The number of fused-ring (bicyclic) bond motifs is 1. The van der Waals surface area contributed by atoms with Crippen molar-refractivity contribution in [1.82, 2.24) is 14.5 Å². The Morgan fingerprint density at radius 1 is 1.19 bits per heavy atom. The second kappa shape index (κ2) is 9.25. The maximum atomic E-state index is 13.6. The minimum Gasteiger partial charge on any atom is -0.385 e. The summed E-state index contributed by atoms with van der Waals surface area (Å²) in [6.45, 7) is 7.21. The Hall–Kier alpha value is -2.99. The fourth-order valence-corrected chi connectivity index (χ4v) is 4.12. The Bertz CT molecular complexity index is 1200. The van der Waals surface area contributed by atoms with Gasteiger partial charge in [-0.25, -0.2) is 4.98 Å². The van der Waals surface area contributed by atoms with E-state index in [0.29, 0.717) is 29.9 Å². The van der Waals surface area contributed by atoms with E-state index in [2.05, 4.69) is 6.92 Å². The average Bonchev–Trinajstić information content (AvgIpc) is 3.63. The Balaban J connectivity index is 1.87. The number of carbonyl (C=O) groups excluding carboxylic acids is 1. The molecule has 0 aliphatic heterocycles. The van der Waals surface area contributed by atoms with Gasteiger partial charge in [-0.1, -0.05) is 18.2 Å². The number of amides is 1. The monoisotopic (exact) mass is 433 g/mol. The number of carbonyl (C=O) groups is 1. The minimum absolute atomic E-state index is 0.0854. The van der Waals surface area contributed by atoms with Gasteiger partial charge >= 0.3 is 0 Å². The van der Waals surface area contributed by atoms with Crippen molar-refractivity contribution < 1.29 is 9.53 Å². The summed E-state index contributed by atoms with van der Waals surface area (Å²) < 4.78 is 6.90. The van der Waals surface area contributed by atoms with E-state index in [9.17, 15) is 9.59 Å². The Kier molecular flexibility index (Phi) is 6.42. The number of nitrogens with zero attached hydrogens (tertiary/aromatic N) is 3. The van der Waals surface area contributed by atoms with Crippen molar-refractivity contribution in [3.05, 3.63) is 69.8 Å². The summed E-state index contributed by atoms with van der Waals surface area (Å²) in [5.74, 6) is 0.813. The topological polar surface area (TPSA) is 64.4 Å². The first-order chi connectivity index (χ1) is 15.4. The molecule has 0 N–H and O–H groups in total. The molecule has 6 nitrogen and oxygen atoms in total. The molecule has 1 aliphatic rings. The van der Waals surface area contributed by atoms with Gasteiger partial charge < -0.3 is 9.64 Å². The van der Waals surface area contributed by atoms with Crippen LogP contribution in [0.25, 0.3) is 16.6 Å². The smallest absolute Gasteiger partial charge is 0.266 e. The van der Waals surface area contributed by atoms with Crippen molar-refractivity contribution in [2.45, 2.75) is 46.1 Å². The van der Waals surface area contributed by atoms with Gasteiger partial charge in [-0.2, -0.15) is 0 Å². The Morgan fingerprint density at radius 3 is 2.62 bits per heavy atom. The number of benzene rings is 2. The van der Waals surface area contributed by atoms with Crippen LogP contribution in [0.3, 0.4) is 0 Å². The number of aromatic nitrogens is 2. The summed E-state index contributed by atoms with van der Waals surface area (Å²) >= 11 is 0. The predicted molar refractivity (Wildman–Crippen MR) is 126 cm³/mol. The van der Waals surface area contributed by atoms with Crippen LogP contribution in [-0.4, -0.2) is 40.6 Å². The van der Waals surface area contributed by atoms with E-state index in [1.54, 1.807) is 11.7 Å². The maximum Gasteiger partial charge on any atom is 0.266 e. The van der Waals surface area contributed by atoms with Gasteiger partial charge in [0.15, 0.2) is 0 Å². The van der Waals surface area contributed by atoms with E-state index in [0.717, 1.165) is 36.1 Å². The zero-order chi connectivity index (χ0) is 22.8. The first kappa shape index (κ1) is 22.2. The van der Waals surface area contributed by atoms with E-state index in [-0.39, 0.29) is 23.4 Å². The van der Waals surface area contributed by atoms with Gasteiger partial charge in [0.2, 0.25) is 5.91 Å². The highest BCUT2D eigenvalue weighted by Gasteiger charge is 2.36. The number of hydrogen-bond acceptors (Lipinski definition) is 4. The van der Waals surface area contributed by atoms with Crippen LogP contribution in [0.5, 0.6) is 0 Å². The Morgan fingerprint density at radius 2 is 1.94 bits per heavy atom. The van der Waals surface area contributed by atoms with Gasteiger partial charge in [0.25, 0.3) is 5.56 Å².